The van der Waals surface area contributed by atoms with Gasteiger partial charge in [0.15, 0.2) is 0 Å². The molecule has 0 unspecified atom stereocenters. The van der Waals surface area contributed by atoms with Crippen LogP contribution in [0, 0.1) is 0 Å². The maximum atomic E-state index is 5.47. The van der Waals surface area contributed by atoms with Crippen LogP contribution >= 0.6 is 0 Å². The van der Waals surface area contributed by atoms with Crippen LogP contribution < -0.4 is 21.7 Å². The second-order valence-corrected chi connectivity index (χ2v) is 3.15. The van der Waals surface area contributed by atoms with Gasteiger partial charge in [0.1, 0.15) is 5.82 Å². The lowest BCUT2D eigenvalue weighted by Gasteiger charge is -2.06. The summed E-state index contributed by atoms with van der Waals surface area (Å²) < 4.78 is 5.40. The van der Waals surface area contributed by atoms with Gasteiger partial charge in [-0.05, 0) is 6.42 Å². The number of nitrogens with two attached hydrogens (primary N) is 2. The van der Waals surface area contributed by atoms with Crippen LogP contribution in [0.15, 0.2) is 6.07 Å². The molecule has 0 aliphatic heterocycles. The highest BCUT2D eigenvalue weighted by atomic mass is 16.5. The number of unbranched alkanes of at least 4 members (excludes halogenated alkanes) is 2. The SMILES string of the molecule is CCCCCOc1cc(NN)nc(N)n1. The summed E-state index contributed by atoms with van der Waals surface area (Å²) in [7, 11) is 0. The van der Waals surface area contributed by atoms with Gasteiger partial charge in [-0.15, -0.1) is 0 Å². The van der Waals surface area contributed by atoms with Crippen LogP contribution in [0.5, 0.6) is 5.88 Å². The highest BCUT2D eigenvalue weighted by molar-refractivity contribution is 5.41. The van der Waals surface area contributed by atoms with Gasteiger partial charge in [0.25, 0.3) is 0 Å². The molecule has 84 valence electrons. The highest BCUT2D eigenvalue weighted by Gasteiger charge is 2.01. The van der Waals surface area contributed by atoms with Crippen molar-refractivity contribution in [1.29, 1.82) is 0 Å². The summed E-state index contributed by atoms with van der Waals surface area (Å²) in [6.45, 7) is 2.77. The van der Waals surface area contributed by atoms with Gasteiger partial charge in [-0.25, -0.2) is 5.84 Å². The van der Waals surface area contributed by atoms with Crippen molar-refractivity contribution in [2.75, 3.05) is 17.8 Å². The van der Waals surface area contributed by atoms with Crippen molar-refractivity contribution in [3.05, 3.63) is 6.07 Å². The van der Waals surface area contributed by atoms with E-state index < -0.39 is 0 Å². The molecule has 0 aromatic carbocycles. The molecule has 0 aliphatic carbocycles. The van der Waals surface area contributed by atoms with E-state index in [9.17, 15) is 0 Å². The number of nitrogens with zero attached hydrogens (tertiary/aromatic N) is 2. The second kappa shape index (κ2) is 6.02. The zero-order chi connectivity index (χ0) is 11.1. The van der Waals surface area contributed by atoms with Crippen LogP contribution in [0.3, 0.4) is 0 Å². The van der Waals surface area contributed by atoms with Gasteiger partial charge in [0, 0.05) is 6.07 Å². The molecular weight excluding hydrogens is 194 g/mol. The first-order valence-corrected chi connectivity index (χ1v) is 5.00. The fraction of sp³-hybridized carbons (Fsp3) is 0.556. The molecule has 0 radical (unpaired) electrons. The molecule has 0 aliphatic rings. The molecule has 1 aromatic rings. The van der Waals surface area contributed by atoms with Crippen LogP contribution in [-0.2, 0) is 0 Å². The van der Waals surface area contributed by atoms with Crippen LogP contribution in [0.1, 0.15) is 26.2 Å². The van der Waals surface area contributed by atoms with E-state index in [1.54, 1.807) is 6.07 Å². The lowest BCUT2D eigenvalue weighted by atomic mass is 10.3. The van der Waals surface area contributed by atoms with Crippen LogP contribution in [0.4, 0.5) is 11.8 Å². The molecule has 1 rings (SSSR count). The first-order chi connectivity index (χ1) is 7.26. The quantitative estimate of drug-likeness (QED) is 0.367. The van der Waals surface area contributed by atoms with Gasteiger partial charge < -0.3 is 15.9 Å². The van der Waals surface area contributed by atoms with Gasteiger partial charge in [-0.1, -0.05) is 19.8 Å². The van der Waals surface area contributed by atoms with Crippen molar-refractivity contribution in [2.45, 2.75) is 26.2 Å². The van der Waals surface area contributed by atoms with E-state index in [1.807, 2.05) is 0 Å². The summed E-state index contributed by atoms with van der Waals surface area (Å²) >= 11 is 0. The average molecular weight is 211 g/mol. The second-order valence-electron chi connectivity index (χ2n) is 3.15. The Labute approximate surface area is 89.0 Å². The maximum Gasteiger partial charge on any atom is 0.225 e. The van der Waals surface area contributed by atoms with Gasteiger partial charge >= 0.3 is 0 Å². The number of rotatable bonds is 6. The van der Waals surface area contributed by atoms with E-state index >= 15 is 0 Å². The highest BCUT2D eigenvalue weighted by Crippen LogP contribution is 2.13. The zero-order valence-corrected chi connectivity index (χ0v) is 8.86. The third-order valence-electron chi connectivity index (χ3n) is 1.87. The molecule has 6 heteroatoms. The van der Waals surface area contributed by atoms with Gasteiger partial charge in [-0.3, -0.25) is 0 Å². The molecular formula is C9H17N5O. The Morgan fingerprint density at radius 1 is 1.40 bits per heavy atom. The van der Waals surface area contributed by atoms with Crippen LogP contribution in [-0.4, -0.2) is 16.6 Å². The van der Waals surface area contributed by atoms with Crippen LogP contribution in [0.2, 0.25) is 0 Å². The van der Waals surface area contributed by atoms with Crippen molar-refractivity contribution < 1.29 is 4.74 Å². The van der Waals surface area contributed by atoms with Crippen molar-refractivity contribution in [1.82, 2.24) is 9.97 Å². The molecule has 0 saturated carbocycles. The van der Waals surface area contributed by atoms with E-state index in [0.717, 1.165) is 19.3 Å². The molecule has 5 N–H and O–H groups in total. The third-order valence-corrected chi connectivity index (χ3v) is 1.87. The number of aromatic nitrogens is 2. The molecule has 0 spiro atoms. The Kier molecular flexibility index (Phi) is 4.62. The van der Waals surface area contributed by atoms with E-state index in [1.165, 1.54) is 0 Å². The fourth-order valence-corrected chi connectivity index (χ4v) is 1.12. The Morgan fingerprint density at radius 2 is 2.20 bits per heavy atom. The van der Waals surface area contributed by atoms with Crippen molar-refractivity contribution in [2.24, 2.45) is 5.84 Å². The number of hydrogen-bond acceptors (Lipinski definition) is 6. The first kappa shape index (κ1) is 11.5. The minimum absolute atomic E-state index is 0.149. The predicted molar refractivity (Wildman–Crippen MR) is 59.3 cm³/mol. The van der Waals surface area contributed by atoms with Gasteiger partial charge in [0.05, 0.1) is 6.61 Å². The minimum Gasteiger partial charge on any atom is -0.477 e. The Morgan fingerprint density at radius 3 is 2.87 bits per heavy atom. The van der Waals surface area contributed by atoms with E-state index in [0.29, 0.717) is 18.3 Å². The number of ether oxygens (including phenoxy) is 1. The smallest absolute Gasteiger partial charge is 0.225 e. The predicted octanol–water partition coefficient (Wildman–Crippen LogP) is 0.913. The van der Waals surface area contributed by atoms with Crippen LogP contribution in [0.25, 0.3) is 0 Å². The maximum absolute atomic E-state index is 5.47. The van der Waals surface area contributed by atoms with Gasteiger partial charge in [-0.2, -0.15) is 9.97 Å². The third kappa shape index (κ3) is 3.99. The van der Waals surface area contributed by atoms with Crippen molar-refractivity contribution in [3.63, 3.8) is 0 Å². The number of hydrogen-bond donors (Lipinski definition) is 3. The molecule has 0 fully saturated rings. The molecule has 1 heterocycles. The average Bonchev–Trinajstić information content (AvgIpc) is 2.23. The van der Waals surface area contributed by atoms with E-state index in [4.69, 9.17) is 16.3 Å². The lowest BCUT2D eigenvalue weighted by Crippen LogP contribution is -2.11. The molecule has 0 amide bonds. The van der Waals surface area contributed by atoms with E-state index in [-0.39, 0.29) is 5.95 Å². The Hall–Kier alpha value is -1.56. The number of nitrogen functional groups attached to an aromatic ring is 2. The van der Waals surface area contributed by atoms with Crippen molar-refractivity contribution in [3.8, 4) is 5.88 Å². The molecule has 0 atom stereocenters. The standard InChI is InChI=1S/C9H17N5O/c1-2-3-4-5-15-8-6-7(14-11)12-9(10)13-8/h6H,2-5,11H2,1H3,(H3,10,12,13,14). The van der Waals surface area contributed by atoms with Gasteiger partial charge in [0.2, 0.25) is 11.8 Å². The van der Waals surface area contributed by atoms with Crippen molar-refractivity contribution >= 4 is 11.8 Å². The monoisotopic (exact) mass is 211 g/mol. The molecule has 6 nitrogen and oxygen atoms in total. The Bertz CT molecular complexity index is 305. The fourth-order valence-electron chi connectivity index (χ4n) is 1.12. The van der Waals surface area contributed by atoms with E-state index in [2.05, 4.69) is 22.3 Å². The molecule has 1 aromatic heterocycles. The number of hydrazine groups is 1. The topological polar surface area (TPSA) is 99.1 Å². The number of anilines is 2. The normalized spacial score (nSPS) is 10.0. The molecule has 0 bridgehead atoms. The summed E-state index contributed by atoms with van der Waals surface area (Å²) in [5, 5.41) is 0. The Balaban J connectivity index is 2.49. The summed E-state index contributed by atoms with van der Waals surface area (Å²) in [4.78, 5) is 7.78. The summed E-state index contributed by atoms with van der Waals surface area (Å²) in [6, 6.07) is 1.61. The molecule has 0 saturated heterocycles. The molecule has 15 heavy (non-hydrogen) atoms. The largest absolute Gasteiger partial charge is 0.477 e. The lowest BCUT2D eigenvalue weighted by molar-refractivity contribution is 0.295. The minimum atomic E-state index is 0.149. The zero-order valence-electron chi connectivity index (χ0n) is 8.86. The summed E-state index contributed by atoms with van der Waals surface area (Å²) in [6.07, 6.45) is 3.30. The number of nitrogens with one attached hydrogen (secondary N) is 1. The first-order valence-electron chi connectivity index (χ1n) is 5.00. The summed E-state index contributed by atoms with van der Waals surface area (Å²) in [5.41, 5.74) is 7.87. The summed E-state index contributed by atoms with van der Waals surface area (Å²) in [5.74, 6) is 6.26.